The van der Waals surface area contributed by atoms with E-state index in [-0.39, 0.29) is 26.1 Å². The number of carbonyl (C=O) groups excluding carboxylic acids is 1. The minimum Gasteiger partial charge on any atom is -0.381 e. The van der Waals surface area contributed by atoms with Crippen molar-refractivity contribution in [3.8, 4) is 6.07 Å². The quantitative estimate of drug-likeness (QED) is 0.777. The van der Waals surface area contributed by atoms with Crippen LogP contribution >= 0.6 is 0 Å². The van der Waals surface area contributed by atoms with E-state index in [1.165, 1.54) is 0 Å². The number of hydrogen-bond acceptors (Lipinski definition) is 3. The van der Waals surface area contributed by atoms with Crippen LogP contribution in [0.3, 0.4) is 0 Å². The van der Waals surface area contributed by atoms with Crippen LogP contribution in [0.4, 0.5) is 13.2 Å². The summed E-state index contributed by atoms with van der Waals surface area (Å²) in [5.74, 6) is -0.865. The standard InChI is InChI=1S/C9H11F3N2O2/c10-9(11,12)6-14-7(15)8(5-13)1-3-16-4-2-8/h1-4,6H2,(H,14,15). The fourth-order valence-electron chi connectivity index (χ4n) is 1.46. The maximum atomic E-state index is 11.9. The third-order valence-corrected chi connectivity index (χ3v) is 2.44. The summed E-state index contributed by atoms with van der Waals surface area (Å²) < 4.78 is 40.6. The minimum atomic E-state index is -4.46. The molecule has 0 unspecified atom stereocenters. The number of halogens is 3. The Morgan fingerprint density at radius 1 is 1.44 bits per heavy atom. The van der Waals surface area contributed by atoms with Crippen molar-refractivity contribution in [3.63, 3.8) is 0 Å². The first-order valence-corrected chi connectivity index (χ1v) is 4.74. The Morgan fingerprint density at radius 2 is 2.00 bits per heavy atom. The van der Waals surface area contributed by atoms with E-state index in [1.54, 1.807) is 11.4 Å². The third-order valence-electron chi connectivity index (χ3n) is 2.44. The number of ether oxygens (including phenoxy) is 1. The molecule has 1 N–H and O–H groups in total. The normalized spacial score (nSPS) is 19.9. The number of nitrogens with one attached hydrogen (secondary N) is 1. The first-order valence-electron chi connectivity index (χ1n) is 4.74. The van der Waals surface area contributed by atoms with Gasteiger partial charge in [0.1, 0.15) is 12.0 Å². The first-order chi connectivity index (χ1) is 7.40. The Morgan fingerprint density at radius 3 is 2.44 bits per heavy atom. The van der Waals surface area contributed by atoms with Gasteiger partial charge >= 0.3 is 6.18 Å². The molecule has 1 amide bonds. The van der Waals surface area contributed by atoms with E-state index in [0.29, 0.717) is 0 Å². The van der Waals surface area contributed by atoms with Crippen LogP contribution in [0, 0.1) is 16.7 Å². The molecule has 0 aromatic carbocycles. The molecular formula is C9H11F3N2O2. The number of carbonyl (C=O) groups is 1. The van der Waals surface area contributed by atoms with Crippen molar-refractivity contribution in [2.75, 3.05) is 19.8 Å². The summed E-state index contributed by atoms with van der Waals surface area (Å²) in [5, 5.41) is 10.6. The van der Waals surface area contributed by atoms with E-state index in [0.717, 1.165) is 0 Å². The van der Waals surface area contributed by atoms with Crippen LogP contribution in [0.5, 0.6) is 0 Å². The van der Waals surface area contributed by atoms with Gasteiger partial charge in [0.15, 0.2) is 0 Å². The predicted octanol–water partition coefficient (Wildman–Crippen LogP) is 0.985. The molecule has 0 bridgehead atoms. The van der Waals surface area contributed by atoms with Gasteiger partial charge in [-0.1, -0.05) is 0 Å². The summed E-state index contributed by atoms with van der Waals surface area (Å²) in [5.41, 5.74) is -1.37. The Hall–Kier alpha value is -1.29. The molecular weight excluding hydrogens is 225 g/mol. The van der Waals surface area contributed by atoms with Crippen molar-refractivity contribution in [1.29, 1.82) is 5.26 Å². The first kappa shape index (κ1) is 12.8. The molecule has 0 radical (unpaired) electrons. The average molecular weight is 236 g/mol. The van der Waals surface area contributed by atoms with Crippen molar-refractivity contribution in [2.45, 2.75) is 19.0 Å². The number of amides is 1. The van der Waals surface area contributed by atoms with Crippen molar-refractivity contribution < 1.29 is 22.7 Å². The second kappa shape index (κ2) is 4.70. The number of rotatable bonds is 2. The monoisotopic (exact) mass is 236 g/mol. The molecule has 0 saturated carbocycles. The SMILES string of the molecule is N#CC1(C(=O)NCC(F)(F)F)CCOCC1. The van der Waals surface area contributed by atoms with Crippen LogP contribution in [-0.4, -0.2) is 31.8 Å². The lowest BCUT2D eigenvalue weighted by Gasteiger charge is -2.29. The van der Waals surface area contributed by atoms with Crippen LogP contribution in [0.1, 0.15) is 12.8 Å². The summed E-state index contributed by atoms with van der Waals surface area (Å²) in [6.45, 7) is -0.976. The molecule has 1 aliphatic rings. The number of alkyl halides is 3. The Labute approximate surface area is 90.4 Å². The summed E-state index contributed by atoms with van der Waals surface area (Å²) >= 11 is 0. The smallest absolute Gasteiger partial charge is 0.381 e. The second-order valence-corrected chi connectivity index (χ2v) is 3.60. The molecule has 0 atom stereocenters. The van der Waals surface area contributed by atoms with Crippen molar-refractivity contribution in [3.05, 3.63) is 0 Å². The highest BCUT2D eigenvalue weighted by atomic mass is 19.4. The van der Waals surface area contributed by atoms with Crippen LogP contribution in [0.2, 0.25) is 0 Å². The second-order valence-electron chi connectivity index (χ2n) is 3.60. The van der Waals surface area contributed by atoms with Crippen LogP contribution in [0.25, 0.3) is 0 Å². The molecule has 0 spiro atoms. The maximum absolute atomic E-state index is 11.9. The highest BCUT2D eigenvalue weighted by molar-refractivity contribution is 5.85. The molecule has 7 heteroatoms. The summed E-state index contributed by atoms with van der Waals surface area (Å²) in [6.07, 6.45) is -4.20. The zero-order valence-electron chi connectivity index (χ0n) is 8.43. The zero-order valence-corrected chi connectivity index (χ0v) is 8.43. The van der Waals surface area contributed by atoms with Crippen LogP contribution in [0.15, 0.2) is 0 Å². The van der Waals surface area contributed by atoms with Gasteiger partial charge in [-0.15, -0.1) is 0 Å². The Balaban J connectivity index is 2.60. The molecule has 1 rings (SSSR count). The van der Waals surface area contributed by atoms with Gasteiger partial charge < -0.3 is 10.1 Å². The molecule has 0 aliphatic carbocycles. The molecule has 4 nitrogen and oxygen atoms in total. The third kappa shape index (κ3) is 3.10. The molecule has 1 fully saturated rings. The molecule has 90 valence electrons. The Bertz CT molecular complexity index is 303. The minimum absolute atomic E-state index is 0.132. The highest BCUT2D eigenvalue weighted by Gasteiger charge is 2.41. The molecule has 1 saturated heterocycles. The highest BCUT2D eigenvalue weighted by Crippen LogP contribution is 2.30. The van der Waals surface area contributed by atoms with Gasteiger partial charge in [0.2, 0.25) is 5.91 Å². The Kier molecular flexibility index (Phi) is 3.75. The van der Waals surface area contributed by atoms with Gasteiger partial charge in [-0.25, -0.2) is 0 Å². The number of nitrogens with zero attached hydrogens (tertiary/aromatic N) is 1. The van der Waals surface area contributed by atoms with Gasteiger partial charge in [0.05, 0.1) is 6.07 Å². The molecule has 16 heavy (non-hydrogen) atoms. The lowest BCUT2D eigenvalue weighted by molar-refractivity contribution is -0.145. The van der Waals surface area contributed by atoms with E-state index in [2.05, 4.69) is 0 Å². The topological polar surface area (TPSA) is 62.1 Å². The lowest BCUT2D eigenvalue weighted by atomic mass is 9.81. The van der Waals surface area contributed by atoms with E-state index < -0.39 is 24.0 Å². The molecule has 1 heterocycles. The summed E-state index contributed by atoms with van der Waals surface area (Å²) in [7, 11) is 0. The predicted molar refractivity (Wildman–Crippen MR) is 47.2 cm³/mol. The molecule has 1 aliphatic heterocycles. The zero-order chi connectivity index (χ0) is 12.2. The van der Waals surface area contributed by atoms with E-state index in [9.17, 15) is 18.0 Å². The number of nitriles is 1. The van der Waals surface area contributed by atoms with Gasteiger partial charge in [-0.05, 0) is 12.8 Å². The number of hydrogen-bond donors (Lipinski definition) is 1. The van der Waals surface area contributed by atoms with Gasteiger partial charge in [-0.3, -0.25) is 4.79 Å². The van der Waals surface area contributed by atoms with Gasteiger partial charge in [-0.2, -0.15) is 18.4 Å². The summed E-state index contributed by atoms with van der Waals surface area (Å²) in [6, 6.07) is 1.79. The maximum Gasteiger partial charge on any atom is 0.405 e. The fourth-order valence-corrected chi connectivity index (χ4v) is 1.46. The molecule has 0 aromatic heterocycles. The van der Waals surface area contributed by atoms with E-state index in [1.807, 2.05) is 0 Å². The van der Waals surface area contributed by atoms with E-state index >= 15 is 0 Å². The van der Waals surface area contributed by atoms with Crippen molar-refractivity contribution in [1.82, 2.24) is 5.32 Å². The van der Waals surface area contributed by atoms with Crippen molar-refractivity contribution >= 4 is 5.91 Å². The average Bonchev–Trinajstić information content (AvgIpc) is 2.25. The van der Waals surface area contributed by atoms with Gasteiger partial charge in [0, 0.05) is 13.2 Å². The van der Waals surface area contributed by atoms with Crippen LogP contribution in [-0.2, 0) is 9.53 Å². The van der Waals surface area contributed by atoms with Crippen LogP contribution < -0.4 is 5.32 Å². The van der Waals surface area contributed by atoms with Gasteiger partial charge in [0.25, 0.3) is 0 Å². The summed E-state index contributed by atoms with van der Waals surface area (Å²) in [4.78, 5) is 11.5. The fraction of sp³-hybridized carbons (Fsp3) is 0.778. The van der Waals surface area contributed by atoms with Crippen molar-refractivity contribution in [2.24, 2.45) is 5.41 Å². The largest absolute Gasteiger partial charge is 0.405 e. The lowest BCUT2D eigenvalue weighted by Crippen LogP contribution is -2.46. The molecule has 0 aromatic rings. The van der Waals surface area contributed by atoms with E-state index in [4.69, 9.17) is 10.00 Å².